The maximum atomic E-state index is 12.2. The molecule has 2 aliphatic heterocycles. The van der Waals surface area contributed by atoms with Crippen molar-refractivity contribution in [2.75, 3.05) is 38.1 Å². The Morgan fingerprint density at radius 1 is 1.12 bits per heavy atom. The van der Waals surface area contributed by atoms with E-state index in [0.717, 1.165) is 37.8 Å². The van der Waals surface area contributed by atoms with Crippen LogP contribution in [0.3, 0.4) is 0 Å². The summed E-state index contributed by atoms with van der Waals surface area (Å²) in [6, 6.07) is 13.4. The van der Waals surface area contributed by atoms with Gasteiger partial charge in [0.1, 0.15) is 5.76 Å². The van der Waals surface area contributed by atoms with Gasteiger partial charge in [0.15, 0.2) is 11.1 Å². The Morgan fingerprint density at radius 3 is 2.65 bits per heavy atom. The second kappa shape index (κ2) is 7.39. The number of amidine groups is 1. The third-order valence-electron chi connectivity index (χ3n) is 4.34. The Hall–Kier alpha value is -2.51. The first kappa shape index (κ1) is 16.9. The lowest BCUT2D eigenvalue weighted by Crippen LogP contribution is -2.44. The van der Waals surface area contributed by atoms with E-state index >= 15 is 0 Å². The normalized spacial score (nSPS) is 21.6. The highest BCUT2D eigenvalue weighted by Gasteiger charge is 2.24. The van der Waals surface area contributed by atoms with Crippen molar-refractivity contribution in [1.29, 1.82) is 0 Å². The number of carbonyl (C=O) groups excluding carboxylic acids is 1. The molecule has 2 saturated heterocycles. The van der Waals surface area contributed by atoms with Crippen molar-refractivity contribution in [2.24, 2.45) is 4.99 Å². The number of hydrogen-bond donors (Lipinski definition) is 1. The van der Waals surface area contributed by atoms with Crippen molar-refractivity contribution in [2.45, 2.75) is 0 Å². The van der Waals surface area contributed by atoms with E-state index in [1.54, 1.807) is 6.08 Å². The van der Waals surface area contributed by atoms with Crippen molar-refractivity contribution in [3.8, 4) is 0 Å². The fraction of sp³-hybridized carbons (Fsp3) is 0.263. The van der Waals surface area contributed by atoms with Crippen molar-refractivity contribution >= 4 is 40.5 Å². The third-order valence-corrected chi connectivity index (χ3v) is 5.25. The lowest BCUT2D eigenvalue weighted by Gasteiger charge is -2.32. The molecule has 0 unspecified atom stereocenters. The minimum atomic E-state index is -0.151. The third kappa shape index (κ3) is 3.84. The van der Waals surface area contributed by atoms with Crippen LogP contribution in [0.4, 0.5) is 11.6 Å². The molecule has 6 nitrogen and oxygen atoms in total. The van der Waals surface area contributed by atoms with E-state index in [1.165, 1.54) is 11.8 Å². The van der Waals surface area contributed by atoms with Crippen LogP contribution in [0.25, 0.3) is 6.08 Å². The molecule has 1 aromatic heterocycles. The predicted octanol–water partition coefficient (Wildman–Crippen LogP) is 2.92. The number of anilines is 1. The number of para-hydroxylation sites is 1. The van der Waals surface area contributed by atoms with Gasteiger partial charge in [-0.25, -0.2) is 4.99 Å². The van der Waals surface area contributed by atoms with Crippen LogP contribution in [-0.4, -0.2) is 49.2 Å². The van der Waals surface area contributed by atoms with Crippen LogP contribution in [0.1, 0.15) is 5.76 Å². The molecule has 7 heteroatoms. The quantitative estimate of drug-likeness (QED) is 0.844. The van der Waals surface area contributed by atoms with Crippen LogP contribution >= 0.6 is 11.8 Å². The Morgan fingerprint density at radius 2 is 1.88 bits per heavy atom. The summed E-state index contributed by atoms with van der Waals surface area (Å²) in [5.74, 6) is 1.38. The Balaban J connectivity index is 1.47. The van der Waals surface area contributed by atoms with Gasteiger partial charge in [0, 0.05) is 38.3 Å². The van der Waals surface area contributed by atoms with E-state index in [1.807, 2.05) is 42.5 Å². The van der Waals surface area contributed by atoms with Gasteiger partial charge in [-0.3, -0.25) is 4.79 Å². The molecule has 1 N–H and O–H groups in total. The fourth-order valence-electron chi connectivity index (χ4n) is 2.85. The van der Waals surface area contributed by atoms with E-state index in [9.17, 15) is 4.79 Å². The highest BCUT2D eigenvalue weighted by Crippen LogP contribution is 2.29. The molecular formula is C19H20N4O2S. The summed E-state index contributed by atoms with van der Waals surface area (Å²) in [6.07, 6.45) is 1.77. The highest BCUT2D eigenvalue weighted by molar-refractivity contribution is 8.18. The second-order valence-electron chi connectivity index (χ2n) is 6.28. The SMILES string of the molecule is CN1CCN(c2ccc(C=C3SC(=Nc4ccccc4)NC3=O)o2)CC1. The van der Waals surface area contributed by atoms with E-state index in [2.05, 4.69) is 27.2 Å². The zero-order valence-corrected chi connectivity index (χ0v) is 15.3. The molecule has 2 aromatic rings. The van der Waals surface area contributed by atoms with Crippen molar-refractivity contribution in [1.82, 2.24) is 10.2 Å². The minimum absolute atomic E-state index is 0.151. The topological polar surface area (TPSA) is 61.1 Å². The number of benzene rings is 1. The van der Waals surface area contributed by atoms with Gasteiger partial charge >= 0.3 is 0 Å². The largest absolute Gasteiger partial charge is 0.441 e. The highest BCUT2D eigenvalue weighted by atomic mass is 32.2. The summed E-state index contributed by atoms with van der Waals surface area (Å²) in [6.45, 7) is 3.94. The molecule has 0 radical (unpaired) electrons. The monoisotopic (exact) mass is 368 g/mol. The maximum absolute atomic E-state index is 12.2. The molecule has 0 spiro atoms. The zero-order chi connectivity index (χ0) is 17.9. The van der Waals surface area contributed by atoms with Crippen molar-refractivity contribution in [3.63, 3.8) is 0 Å². The molecular weight excluding hydrogens is 348 g/mol. The lowest BCUT2D eigenvalue weighted by atomic mass is 10.3. The molecule has 26 heavy (non-hydrogen) atoms. The zero-order valence-electron chi connectivity index (χ0n) is 14.5. The molecule has 0 bridgehead atoms. The van der Waals surface area contributed by atoms with Gasteiger partial charge in [0.05, 0.1) is 10.6 Å². The van der Waals surface area contributed by atoms with Gasteiger partial charge in [-0.15, -0.1) is 0 Å². The molecule has 2 aliphatic rings. The number of furan rings is 1. The summed E-state index contributed by atoms with van der Waals surface area (Å²) in [5, 5.41) is 3.38. The van der Waals surface area contributed by atoms with Crippen LogP contribution in [0.15, 0.2) is 56.8 Å². The maximum Gasteiger partial charge on any atom is 0.264 e. The lowest BCUT2D eigenvalue weighted by molar-refractivity contribution is -0.115. The van der Waals surface area contributed by atoms with E-state index in [-0.39, 0.29) is 5.91 Å². The molecule has 1 aromatic carbocycles. The standard InChI is InChI=1S/C19H20N4O2S/c1-22-9-11-23(12-10-22)17-8-7-15(25-17)13-16-18(24)21-19(26-16)20-14-5-3-2-4-6-14/h2-8,13H,9-12H2,1H3,(H,20,21,24). The van der Waals surface area contributed by atoms with Crippen LogP contribution in [0.5, 0.6) is 0 Å². The Bertz CT molecular complexity index is 851. The van der Waals surface area contributed by atoms with Crippen LogP contribution in [0, 0.1) is 0 Å². The fourth-order valence-corrected chi connectivity index (χ4v) is 3.67. The minimum Gasteiger partial charge on any atom is -0.441 e. The number of aliphatic imine (C=N–C) groups is 1. The predicted molar refractivity (Wildman–Crippen MR) is 106 cm³/mol. The number of nitrogens with zero attached hydrogens (tertiary/aromatic N) is 3. The van der Waals surface area contributed by atoms with E-state index in [4.69, 9.17) is 4.42 Å². The number of amides is 1. The summed E-state index contributed by atoms with van der Waals surface area (Å²) in [7, 11) is 2.12. The van der Waals surface area contributed by atoms with E-state index in [0.29, 0.717) is 15.8 Å². The summed E-state index contributed by atoms with van der Waals surface area (Å²) < 4.78 is 5.92. The van der Waals surface area contributed by atoms with Gasteiger partial charge < -0.3 is 19.5 Å². The molecule has 1 amide bonds. The van der Waals surface area contributed by atoms with Crippen LogP contribution in [-0.2, 0) is 4.79 Å². The Labute approximate surface area is 156 Å². The van der Waals surface area contributed by atoms with Gasteiger partial charge in [-0.2, -0.15) is 0 Å². The van der Waals surface area contributed by atoms with Crippen molar-refractivity contribution in [3.05, 3.63) is 53.1 Å². The molecule has 134 valence electrons. The molecule has 0 atom stereocenters. The molecule has 0 aliphatic carbocycles. The molecule has 0 saturated carbocycles. The number of hydrogen-bond acceptors (Lipinski definition) is 6. The number of nitrogens with one attached hydrogen (secondary N) is 1. The molecule has 4 rings (SSSR count). The first-order valence-corrected chi connectivity index (χ1v) is 9.37. The molecule has 2 fully saturated rings. The summed E-state index contributed by atoms with van der Waals surface area (Å²) in [5.41, 5.74) is 0.812. The average molecular weight is 368 g/mol. The van der Waals surface area contributed by atoms with Crippen LogP contribution < -0.4 is 10.2 Å². The summed E-state index contributed by atoms with van der Waals surface area (Å²) >= 11 is 1.32. The Kier molecular flexibility index (Phi) is 4.81. The first-order valence-electron chi connectivity index (χ1n) is 8.55. The first-order chi connectivity index (χ1) is 12.7. The van der Waals surface area contributed by atoms with Crippen molar-refractivity contribution < 1.29 is 9.21 Å². The molecule has 3 heterocycles. The number of rotatable bonds is 3. The van der Waals surface area contributed by atoms with Gasteiger partial charge in [0.25, 0.3) is 5.91 Å². The van der Waals surface area contributed by atoms with Crippen LogP contribution in [0.2, 0.25) is 0 Å². The van der Waals surface area contributed by atoms with Gasteiger partial charge in [0.2, 0.25) is 0 Å². The number of likely N-dealkylation sites (N-methyl/N-ethyl adjacent to an activating group) is 1. The van der Waals surface area contributed by atoms with Gasteiger partial charge in [-0.05, 0) is 37.0 Å². The average Bonchev–Trinajstić information content (AvgIpc) is 3.24. The second-order valence-corrected chi connectivity index (χ2v) is 7.31. The summed E-state index contributed by atoms with van der Waals surface area (Å²) in [4.78, 5) is 21.7. The number of thioether (sulfide) groups is 1. The number of piperazine rings is 1. The van der Waals surface area contributed by atoms with Gasteiger partial charge in [-0.1, -0.05) is 18.2 Å². The smallest absolute Gasteiger partial charge is 0.264 e. The number of carbonyl (C=O) groups is 1. The van der Waals surface area contributed by atoms with E-state index < -0.39 is 0 Å².